The molecule has 1 aromatic carbocycles. The van der Waals surface area contributed by atoms with Crippen LogP contribution in [0.3, 0.4) is 0 Å². The maximum absolute atomic E-state index is 5.04. The highest BCUT2D eigenvalue weighted by atomic mass is 16.6. The average molecular weight is 350 g/mol. The van der Waals surface area contributed by atoms with Crippen molar-refractivity contribution in [3.05, 3.63) is 58.2 Å². The molecule has 5 nitrogen and oxygen atoms in total. The number of hydroxylamine groups is 1. The lowest BCUT2D eigenvalue weighted by molar-refractivity contribution is 0.136. The monoisotopic (exact) mass is 350 g/mol. The Bertz CT molecular complexity index is 1010. The number of nitrogens with zero attached hydrogens (tertiary/aromatic N) is 3. The van der Waals surface area contributed by atoms with Gasteiger partial charge in [-0.15, -0.1) is 0 Å². The molecular weight excluding hydrogens is 324 g/mol. The summed E-state index contributed by atoms with van der Waals surface area (Å²) in [6.07, 6.45) is 0. The largest absolute Gasteiger partial charge is 0.298 e. The summed E-state index contributed by atoms with van der Waals surface area (Å²) in [5, 5.41) is 1.00. The van der Waals surface area contributed by atoms with Crippen molar-refractivity contribution in [2.45, 2.75) is 41.5 Å². The average Bonchev–Trinajstić information content (AvgIpc) is 2.78. The van der Waals surface area contributed by atoms with E-state index in [1.807, 2.05) is 6.92 Å². The van der Waals surface area contributed by atoms with Crippen molar-refractivity contribution in [3.8, 4) is 5.69 Å². The normalized spacial score (nSPS) is 11.2. The van der Waals surface area contributed by atoms with Crippen molar-refractivity contribution in [1.82, 2.24) is 20.0 Å². The van der Waals surface area contributed by atoms with Gasteiger partial charge in [0.2, 0.25) is 0 Å². The summed E-state index contributed by atoms with van der Waals surface area (Å²) in [6.45, 7) is 16.6. The van der Waals surface area contributed by atoms with Gasteiger partial charge in [-0.05, 0) is 58.2 Å². The molecule has 136 valence electrons. The second-order valence-electron chi connectivity index (χ2n) is 6.90. The van der Waals surface area contributed by atoms with E-state index in [9.17, 15) is 0 Å². The lowest BCUT2D eigenvalue weighted by Gasteiger charge is -2.16. The molecule has 0 bridgehead atoms. The molecule has 0 atom stereocenters. The maximum atomic E-state index is 5.04. The Morgan fingerprint density at radius 1 is 1.04 bits per heavy atom. The van der Waals surface area contributed by atoms with Crippen molar-refractivity contribution in [1.29, 1.82) is 0 Å². The van der Waals surface area contributed by atoms with E-state index in [0.717, 1.165) is 28.0 Å². The fourth-order valence-corrected chi connectivity index (χ4v) is 3.76. The summed E-state index contributed by atoms with van der Waals surface area (Å²) in [7, 11) is 1.57. The number of hydrogen-bond acceptors (Lipinski definition) is 4. The Kier molecular flexibility index (Phi) is 4.59. The summed E-state index contributed by atoms with van der Waals surface area (Å²) in [4.78, 5) is 14.4. The highest BCUT2D eigenvalue weighted by Crippen LogP contribution is 2.33. The van der Waals surface area contributed by atoms with E-state index in [1.54, 1.807) is 7.11 Å². The molecule has 2 aromatic heterocycles. The smallest absolute Gasteiger partial charge is 0.149 e. The zero-order chi connectivity index (χ0) is 19.2. The first kappa shape index (κ1) is 18.1. The molecule has 0 radical (unpaired) electrons. The molecule has 0 fully saturated rings. The number of nitrogens with one attached hydrogen (secondary N) is 1. The zero-order valence-corrected chi connectivity index (χ0v) is 16.6. The van der Waals surface area contributed by atoms with Gasteiger partial charge in [0.1, 0.15) is 17.2 Å². The molecule has 0 unspecified atom stereocenters. The first-order valence-electron chi connectivity index (χ1n) is 8.69. The quantitative estimate of drug-likeness (QED) is 0.709. The summed E-state index contributed by atoms with van der Waals surface area (Å²) < 4.78 is 2.24. The molecule has 5 heteroatoms. The Hall–Kier alpha value is -2.66. The third kappa shape index (κ3) is 2.78. The van der Waals surface area contributed by atoms with E-state index in [2.05, 4.69) is 68.4 Å². The van der Waals surface area contributed by atoms with Gasteiger partial charge in [-0.25, -0.2) is 9.97 Å². The highest BCUT2D eigenvalue weighted by molar-refractivity contribution is 5.93. The Labute approximate surface area is 154 Å². The van der Waals surface area contributed by atoms with Crippen molar-refractivity contribution in [3.63, 3.8) is 0 Å². The van der Waals surface area contributed by atoms with Gasteiger partial charge in [0.05, 0.1) is 23.9 Å². The molecule has 3 rings (SSSR count). The van der Waals surface area contributed by atoms with Crippen LogP contribution in [0.25, 0.3) is 22.4 Å². The van der Waals surface area contributed by atoms with Crippen LogP contribution in [0.15, 0.2) is 18.7 Å². The predicted octanol–water partition coefficient (Wildman–Crippen LogP) is 4.39. The Morgan fingerprint density at radius 2 is 1.65 bits per heavy atom. The zero-order valence-electron chi connectivity index (χ0n) is 16.6. The molecule has 0 saturated heterocycles. The molecule has 1 N–H and O–H groups in total. The molecule has 0 amide bonds. The van der Waals surface area contributed by atoms with Crippen molar-refractivity contribution in [2.75, 3.05) is 7.11 Å². The van der Waals surface area contributed by atoms with Crippen molar-refractivity contribution >= 4 is 16.7 Å². The van der Waals surface area contributed by atoms with Gasteiger partial charge in [0.15, 0.2) is 0 Å². The lowest BCUT2D eigenvalue weighted by Crippen LogP contribution is -2.12. The van der Waals surface area contributed by atoms with Crippen LogP contribution < -0.4 is 5.48 Å². The summed E-state index contributed by atoms with van der Waals surface area (Å²) in [5.41, 5.74) is 12.3. The van der Waals surface area contributed by atoms with E-state index in [0.29, 0.717) is 11.5 Å². The molecule has 0 aliphatic heterocycles. The molecule has 3 aromatic rings. The van der Waals surface area contributed by atoms with E-state index >= 15 is 0 Å². The fourth-order valence-electron chi connectivity index (χ4n) is 3.76. The van der Waals surface area contributed by atoms with Crippen LogP contribution in [0.2, 0.25) is 0 Å². The molecule has 0 aliphatic carbocycles. The summed E-state index contributed by atoms with van der Waals surface area (Å²) in [6, 6.07) is 4.42. The topological polar surface area (TPSA) is 52.0 Å². The SMILES string of the molecule is C=C(NOC)c1nc(C)nc2c1c(C)c(C)n2-c1c(C)cc(C)cc1C. The van der Waals surface area contributed by atoms with Gasteiger partial charge in [-0.1, -0.05) is 24.3 Å². The summed E-state index contributed by atoms with van der Waals surface area (Å²) >= 11 is 0. The molecule has 0 spiro atoms. The van der Waals surface area contributed by atoms with Crippen LogP contribution in [0.4, 0.5) is 0 Å². The van der Waals surface area contributed by atoms with Crippen LogP contribution in [0.5, 0.6) is 0 Å². The number of aryl methyl sites for hydroxylation is 5. The first-order chi connectivity index (χ1) is 12.3. The van der Waals surface area contributed by atoms with E-state index in [4.69, 9.17) is 9.82 Å². The van der Waals surface area contributed by atoms with Gasteiger partial charge < -0.3 is 0 Å². The van der Waals surface area contributed by atoms with Crippen molar-refractivity contribution in [2.24, 2.45) is 0 Å². The first-order valence-corrected chi connectivity index (χ1v) is 8.69. The van der Waals surface area contributed by atoms with Crippen LogP contribution in [-0.4, -0.2) is 21.6 Å². The van der Waals surface area contributed by atoms with Gasteiger partial charge in [-0.2, -0.15) is 0 Å². The molecule has 0 saturated carbocycles. The van der Waals surface area contributed by atoms with Crippen molar-refractivity contribution < 1.29 is 4.84 Å². The van der Waals surface area contributed by atoms with Crippen LogP contribution in [0, 0.1) is 41.5 Å². The summed E-state index contributed by atoms with van der Waals surface area (Å²) in [5.74, 6) is 0.702. The number of hydrogen-bond donors (Lipinski definition) is 1. The Balaban J connectivity index is 2.43. The van der Waals surface area contributed by atoms with Crippen LogP contribution in [0.1, 0.15) is 39.5 Å². The second-order valence-corrected chi connectivity index (χ2v) is 6.90. The number of fused-ring (bicyclic) bond motifs is 1. The third-order valence-corrected chi connectivity index (χ3v) is 4.84. The third-order valence-electron chi connectivity index (χ3n) is 4.84. The van der Waals surface area contributed by atoms with E-state index < -0.39 is 0 Å². The maximum Gasteiger partial charge on any atom is 0.149 e. The van der Waals surface area contributed by atoms with E-state index in [1.165, 1.54) is 22.4 Å². The molecule has 26 heavy (non-hydrogen) atoms. The van der Waals surface area contributed by atoms with E-state index in [-0.39, 0.29) is 0 Å². The highest BCUT2D eigenvalue weighted by Gasteiger charge is 2.21. The second kappa shape index (κ2) is 6.57. The van der Waals surface area contributed by atoms with Gasteiger partial charge in [-0.3, -0.25) is 14.9 Å². The molecule has 0 aliphatic rings. The predicted molar refractivity (Wildman–Crippen MR) is 106 cm³/mol. The fraction of sp³-hybridized carbons (Fsp3) is 0.333. The number of benzene rings is 1. The van der Waals surface area contributed by atoms with Crippen LogP contribution >= 0.6 is 0 Å². The minimum atomic E-state index is 0.626. The number of aromatic nitrogens is 3. The molecule has 2 heterocycles. The minimum absolute atomic E-state index is 0.626. The number of rotatable bonds is 4. The van der Waals surface area contributed by atoms with Gasteiger partial charge in [0.25, 0.3) is 0 Å². The van der Waals surface area contributed by atoms with Crippen LogP contribution in [-0.2, 0) is 4.84 Å². The molecular formula is C21H26N4O. The standard InChI is InChI=1S/C21H26N4O/c1-11-9-12(2)20(13(3)10-11)25-16(6)14(4)18-19(15(5)24-26-8)22-17(7)23-21(18)25/h9-10,24H,5H2,1-4,6-8H3. The van der Waals surface area contributed by atoms with Gasteiger partial charge in [0, 0.05) is 5.69 Å². The lowest BCUT2D eigenvalue weighted by atomic mass is 10.0. The Morgan fingerprint density at radius 3 is 2.23 bits per heavy atom. The minimum Gasteiger partial charge on any atom is -0.298 e. The van der Waals surface area contributed by atoms with Gasteiger partial charge >= 0.3 is 0 Å².